The fourth-order valence-electron chi connectivity index (χ4n) is 1.95. The minimum atomic E-state index is -0.0863. The number of carbonyl (C=O) groups excluding carboxylic acids is 1. The molecule has 0 heterocycles. The Morgan fingerprint density at radius 3 is 2.54 bits per heavy atom. The summed E-state index contributed by atoms with van der Waals surface area (Å²) in [5, 5.41) is 3.98. The highest BCUT2D eigenvalue weighted by atomic mass is 32.2. The van der Waals surface area contributed by atoms with Crippen LogP contribution in [0.4, 0.5) is 0 Å². The first-order valence-corrected chi connectivity index (χ1v) is 8.90. The van der Waals surface area contributed by atoms with Gasteiger partial charge < -0.3 is 4.74 Å². The third kappa shape index (κ3) is 6.46. The Hall–Kier alpha value is -2.27. The number of amides is 1. The predicted octanol–water partition coefficient (Wildman–Crippen LogP) is 4.03. The summed E-state index contributed by atoms with van der Waals surface area (Å²) in [6.07, 6.45) is 2.06. The Morgan fingerprint density at radius 2 is 1.88 bits per heavy atom. The molecule has 5 heteroatoms. The Balaban J connectivity index is 1.69. The molecule has 2 rings (SSSR count). The number of hydrogen-bond acceptors (Lipinski definition) is 4. The van der Waals surface area contributed by atoms with Gasteiger partial charge in [0.15, 0.2) is 0 Å². The molecule has 2 aromatic carbocycles. The predicted molar refractivity (Wildman–Crippen MR) is 99.9 cm³/mol. The molecule has 0 fully saturated rings. The van der Waals surface area contributed by atoms with E-state index in [1.165, 1.54) is 10.5 Å². The average molecular weight is 342 g/mol. The van der Waals surface area contributed by atoms with Crippen molar-refractivity contribution in [1.29, 1.82) is 0 Å². The van der Waals surface area contributed by atoms with Crippen molar-refractivity contribution < 1.29 is 9.53 Å². The number of nitrogens with zero attached hydrogens (tertiary/aromatic N) is 1. The molecule has 0 unspecified atom stereocenters. The quantitative estimate of drug-likeness (QED) is 0.448. The fourth-order valence-corrected chi connectivity index (χ4v) is 2.80. The molecule has 0 saturated heterocycles. The molecule has 1 N–H and O–H groups in total. The maximum Gasteiger partial charge on any atom is 0.240 e. The van der Waals surface area contributed by atoms with Crippen molar-refractivity contribution in [3.05, 3.63) is 59.7 Å². The Morgan fingerprint density at radius 1 is 1.17 bits per heavy atom. The smallest absolute Gasteiger partial charge is 0.240 e. The van der Waals surface area contributed by atoms with Gasteiger partial charge in [-0.05, 0) is 55.8 Å². The number of benzene rings is 2. The van der Waals surface area contributed by atoms with E-state index in [1.807, 2.05) is 31.2 Å². The first kappa shape index (κ1) is 18.1. The first-order valence-electron chi connectivity index (χ1n) is 7.91. The van der Waals surface area contributed by atoms with Crippen LogP contribution in [-0.2, 0) is 4.79 Å². The summed E-state index contributed by atoms with van der Waals surface area (Å²) < 4.78 is 5.37. The molecular weight excluding hydrogens is 320 g/mol. The van der Waals surface area contributed by atoms with Crippen LogP contribution in [0.3, 0.4) is 0 Å². The van der Waals surface area contributed by atoms with Crippen molar-refractivity contribution in [2.45, 2.75) is 25.2 Å². The van der Waals surface area contributed by atoms with Gasteiger partial charge in [0.05, 0.1) is 12.8 Å². The topological polar surface area (TPSA) is 50.7 Å². The van der Waals surface area contributed by atoms with E-state index in [1.54, 1.807) is 18.0 Å². The van der Waals surface area contributed by atoms with Crippen LogP contribution < -0.4 is 10.2 Å². The molecule has 0 radical (unpaired) electrons. The molecule has 0 saturated carbocycles. The van der Waals surface area contributed by atoms with Gasteiger partial charge in [-0.25, -0.2) is 5.43 Å². The second kappa shape index (κ2) is 9.78. The van der Waals surface area contributed by atoms with Crippen molar-refractivity contribution >= 4 is 23.9 Å². The van der Waals surface area contributed by atoms with Crippen molar-refractivity contribution in [1.82, 2.24) is 5.43 Å². The lowest BCUT2D eigenvalue weighted by molar-refractivity contribution is -0.120. The molecule has 4 nitrogen and oxygen atoms in total. The van der Waals surface area contributed by atoms with Crippen LogP contribution in [0.15, 0.2) is 58.5 Å². The molecule has 0 aromatic heterocycles. The Labute approximate surface area is 147 Å². The summed E-state index contributed by atoms with van der Waals surface area (Å²) >= 11 is 1.67. The number of hydrogen-bond donors (Lipinski definition) is 1. The molecule has 0 bridgehead atoms. The second-order valence-corrected chi connectivity index (χ2v) is 6.38. The average Bonchev–Trinajstić information content (AvgIpc) is 2.58. The molecule has 0 aliphatic rings. The van der Waals surface area contributed by atoms with Gasteiger partial charge in [-0.3, -0.25) is 4.79 Å². The van der Waals surface area contributed by atoms with Crippen LogP contribution in [0, 0.1) is 6.92 Å². The second-order valence-electron chi connectivity index (χ2n) is 5.21. The maximum atomic E-state index is 11.8. The number of thioether (sulfide) groups is 1. The highest BCUT2D eigenvalue weighted by molar-refractivity contribution is 7.99. The lowest BCUT2D eigenvalue weighted by Gasteiger charge is -2.03. The van der Waals surface area contributed by atoms with E-state index in [0.717, 1.165) is 17.1 Å². The van der Waals surface area contributed by atoms with Crippen molar-refractivity contribution in [3.63, 3.8) is 0 Å². The standard InChI is InChI=1S/C19H22N2O2S/c1-3-23-17-8-6-16(7-9-17)14-20-21-19(22)12-13-24-18-10-4-15(2)5-11-18/h4-11,14H,3,12-13H2,1-2H3,(H,21,22)/b20-14-. The van der Waals surface area contributed by atoms with E-state index >= 15 is 0 Å². The lowest BCUT2D eigenvalue weighted by Crippen LogP contribution is -2.17. The van der Waals surface area contributed by atoms with Gasteiger partial charge in [0, 0.05) is 17.1 Å². The largest absolute Gasteiger partial charge is 0.494 e. The third-order valence-corrected chi connectivity index (χ3v) is 4.23. The van der Waals surface area contributed by atoms with E-state index in [4.69, 9.17) is 4.74 Å². The van der Waals surface area contributed by atoms with Gasteiger partial charge in [-0.1, -0.05) is 17.7 Å². The van der Waals surface area contributed by atoms with Crippen LogP contribution in [0.1, 0.15) is 24.5 Å². The molecular formula is C19H22N2O2S. The molecule has 0 atom stereocenters. The van der Waals surface area contributed by atoms with E-state index in [9.17, 15) is 4.79 Å². The molecule has 1 amide bonds. The number of nitrogens with one attached hydrogen (secondary N) is 1. The van der Waals surface area contributed by atoms with Gasteiger partial charge in [0.25, 0.3) is 0 Å². The van der Waals surface area contributed by atoms with Gasteiger partial charge in [0.2, 0.25) is 5.91 Å². The molecule has 0 spiro atoms. The summed E-state index contributed by atoms with van der Waals surface area (Å²) in [5.74, 6) is 1.47. The zero-order valence-corrected chi connectivity index (χ0v) is 14.8. The van der Waals surface area contributed by atoms with Gasteiger partial charge in [-0.2, -0.15) is 5.10 Å². The first-order chi connectivity index (χ1) is 11.7. The van der Waals surface area contributed by atoms with Crippen molar-refractivity contribution in [2.24, 2.45) is 5.10 Å². The van der Waals surface area contributed by atoms with Crippen LogP contribution in [0.25, 0.3) is 0 Å². The third-order valence-electron chi connectivity index (χ3n) is 3.21. The minimum absolute atomic E-state index is 0.0863. The van der Waals surface area contributed by atoms with Crippen LogP contribution in [0.2, 0.25) is 0 Å². The van der Waals surface area contributed by atoms with E-state index in [-0.39, 0.29) is 5.91 Å². The summed E-state index contributed by atoms with van der Waals surface area (Å²) in [7, 11) is 0. The van der Waals surface area contributed by atoms with Crippen molar-refractivity contribution in [2.75, 3.05) is 12.4 Å². The van der Waals surface area contributed by atoms with Gasteiger partial charge in [-0.15, -0.1) is 11.8 Å². The molecule has 2 aromatic rings. The van der Waals surface area contributed by atoms with Gasteiger partial charge in [0.1, 0.15) is 5.75 Å². The fraction of sp³-hybridized carbons (Fsp3) is 0.263. The SMILES string of the molecule is CCOc1ccc(/C=N\NC(=O)CCSc2ccc(C)cc2)cc1. The number of rotatable bonds is 8. The zero-order valence-electron chi connectivity index (χ0n) is 14.0. The number of aryl methyl sites for hydroxylation is 1. The zero-order chi connectivity index (χ0) is 17.2. The van der Waals surface area contributed by atoms with Crippen LogP contribution >= 0.6 is 11.8 Å². The van der Waals surface area contributed by atoms with Crippen LogP contribution in [-0.4, -0.2) is 24.5 Å². The number of hydrazone groups is 1. The van der Waals surface area contributed by atoms with Gasteiger partial charge >= 0.3 is 0 Å². The Kier molecular flexibility index (Phi) is 7.36. The van der Waals surface area contributed by atoms with E-state index in [2.05, 4.69) is 41.7 Å². The molecule has 126 valence electrons. The Bertz CT molecular complexity index is 667. The lowest BCUT2D eigenvalue weighted by atomic mass is 10.2. The summed E-state index contributed by atoms with van der Waals surface area (Å²) in [6.45, 7) is 4.65. The normalized spacial score (nSPS) is 10.8. The highest BCUT2D eigenvalue weighted by Gasteiger charge is 2.01. The molecule has 0 aliphatic carbocycles. The molecule has 24 heavy (non-hydrogen) atoms. The minimum Gasteiger partial charge on any atom is -0.494 e. The summed E-state index contributed by atoms with van der Waals surface area (Å²) in [6, 6.07) is 15.8. The summed E-state index contributed by atoms with van der Waals surface area (Å²) in [5.41, 5.74) is 4.70. The van der Waals surface area contributed by atoms with Crippen molar-refractivity contribution in [3.8, 4) is 5.75 Å². The number of ether oxygens (including phenoxy) is 1. The highest BCUT2D eigenvalue weighted by Crippen LogP contribution is 2.18. The van der Waals surface area contributed by atoms with E-state index < -0.39 is 0 Å². The summed E-state index contributed by atoms with van der Waals surface area (Å²) in [4.78, 5) is 12.9. The number of carbonyl (C=O) groups is 1. The van der Waals surface area contributed by atoms with Crippen LogP contribution in [0.5, 0.6) is 5.75 Å². The van der Waals surface area contributed by atoms with E-state index in [0.29, 0.717) is 13.0 Å². The molecule has 0 aliphatic heterocycles. The maximum absolute atomic E-state index is 11.8. The monoisotopic (exact) mass is 342 g/mol.